The van der Waals surface area contributed by atoms with Crippen molar-refractivity contribution in [3.63, 3.8) is 0 Å². The van der Waals surface area contributed by atoms with E-state index in [1.54, 1.807) is 17.8 Å². The van der Waals surface area contributed by atoms with Gasteiger partial charge in [-0.2, -0.15) is 10.4 Å². The number of nitrogens with zero attached hydrogens (tertiary/aromatic N) is 4. The lowest BCUT2D eigenvalue weighted by Gasteiger charge is -2.47. The molecule has 2 heterocycles. The first-order chi connectivity index (χ1) is 15.3. The van der Waals surface area contributed by atoms with Crippen molar-refractivity contribution in [3.05, 3.63) is 48.8 Å². The van der Waals surface area contributed by atoms with E-state index in [1.807, 2.05) is 51.1 Å². The standard InChI is InChI=1S/C22H28N8OS/c1-5-15(3)27-29-28-18-11-19(30-13-22(4,12-23)14-30)26-21(25-18)32-17-9-7-16(8-10-17)24-20(31)6-2/h5,7-11,21,26,29H,1,6,13-14H2,2-4H3,(H,24,31)(H,25,28)/b27-15-. The molecule has 2 aliphatic heterocycles. The van der Waals surface area contributed by atoms with Gasteiger partial charge >= 0.3 is 0 Å². The lowest BCUT2D eigenvalue weighted by Crippen LogP contribution is -2.57. The van der Waals surface area contributed by atoms with E-state index in [9.17, 15) is 10.1 Å². The van der Waals surface area contributed by atoms with Crippen molar-refractivity contribution in [2.45, 2.75) is 37.6 Å². The number of rotatable bonds is 8. The number of amidine groups is 1. The minimum Gasteiger partial charge on any atom is -0.355 e. The summed E-state index contributed by atoms with van der Waals surface area (Å²) < 4.78 is 0. The molecule has 9 nitrogen and oxygen atoms in total. The van der Waals surface area contributed by atoms with Gasteiger partial charge in [0.25, 0.3) is 0 Å². The number of hydrazine groups is 1. The first-order valence-electron chi connectivity index (χ1n) is 10.3. The average molecular weight is 453 g/mol. The fourth-order valence-corrected chi connectivity index (χ4v) is 3.95. The van der Waals surface area contributed by atoms with E-state index in [1.165, 1.54) is 0 Å². The Balaban J connectivity index is 1.70. The number of hydrazone groups is 1. The SMILES string of the molecule is C=C/C(C)=N\NNC1=NC(Sc2ccc(NC(=O)CC)cc2)NC(N2CC(C)(C#N)C2)=C1. The molecule has 1 atom stereocenters. The molecule has 1 fully saturated rings. The molecule has 1 saturated heterocycles. The van der Waals surface area contributed by atoms with Crippen LogP contribution in [0.1, 0.15) is 27.2 Å². The van der Waals surface area contributed by atoms with Crippen LogP contribution in [0.2, 0.25) is 0 Å². The van der Waals surface area contributed by atoms with Crippen LogP contribution in [-0.2, 0) is 4.79 Å². The first kappa shape index (κ1) is 23.2. The number of nitriles is 1. The highest BCUT2D eigenvalue weighted by Gasteiger charge is 2.41. The molecule has 4 N–H and O–H groups in total. The summed E-state index contributed by atoms with van der Waals surface area (Å²) in [6.45, 7) is 10.6. The Hall–Kier alpha value is -3.45. The van der Waals surface area contributed by atoms with E-state index in [0.29, 0.717) is 25.3 Å². The van der Waals surface area contributed by atoms with Crippen LogP contribution in [-0.4, -0.2) is 40.9 Å². The Morgan fingerprint density at radius 2 is 2.19 bits per heavy atom. The summed E-state index contributed by atoms with van der Waals surface area (Å²) in [5, 5.41) is 19.7. The van der Waals surface area contributed by atoms with Crippen molar-refractivity contribution < 1.29 is 4.79 Å². The number of hydrogen-bond donors (Lipinski definition) is 4. The highest BCUT2D eigenvalue weighted by atomic mass is 32.2. The number of likely N-dealkylation sites (tertiary alicyclic amines) is 1. The molecule has 2 aliphatic rings. The van der Waals surface area contributed by atoms with E-state index in [4.69, 9.17) is 4.99 Å². The molecule has 1 aromatic rings. The van der Waals surface area contributed by atoms with Crippen LogP contribution in [0.3, 0.4) is 0 Å². The third-order valence-corrected chi connectivity index (χ3v) is 5.90. The number of carbonyl (C=O) groups excluding carboxylic acids is 1. The van der Waals surface area contributed by atoms with Crippen LogP contribution in [0.15, 0.2) is 63.8 Å². The summed E-state index contributed by atoms with van der Waals surface area (Å²) in [5.74, 6) is 1.50. The molecule has 0 aliphatic carbocycles. The number of benzene rings is 1. The lowest BCUT2D eigenvalue weighted by atomic mass is 9.84. The Bertz CT molecular complexity index is 986. The highest BCUT2D eigenvalue weighted by molar-refractivity contribution is 7.99. The maximum Gasteiger partial charge on any atom is 0.224 e. The van der Waals surface area contributed by atoms with E-state index in [0.717, 1.165) is 22.1 Å². The zero-order chi connectivity index (χ0) is 23.1. The van der Waals surface area contributed by atoms with Crippen LogP contribution in [0.25, 0.3) is 0 Å². The minimum atomic E-state index is -0.338. The molecular formula is C22H28N8OS. The Labute approximate surface area is 192 Å². The summed E-state index contributed by atoms with van der Waals surface area (Å²) in [5.41, 5.74) is 6.67. The van der Waals surface area contributed by atoms with Crippen LogP contribution in [0.5, 0.6) is 0 Å². The van der Waals surface area contributed by atoms with Crippen molar-refractivity contribution in [3.8, 4) is 6.07 Å². The van der Waals surface area contributed by atoms with Gasteiger partial charge in [0.05, 0.1) is 17.2 Å². The number of nitrogens with one attached hydrogen (secondary N) is 4. The summed E-state index contributed by atoms with van der Waals surface area (Å²) in [6, 6.07) is 10.0. The van der Waals surface area contributed by atoms with Gasteiger partial charge in [0.2, 0.25) is 5.91 Å². The van der Waals surface area contributed by atoms with Gasteiger partial charge in [-0.1, -0.05) is 25.3 Å². The number of amides is 1. The van der Waals surface area contributed by atoms with Gasteiger partial charge in [-0.05, 0) is 44.2 Å². The molecule has 1 aromatic carbocycles. The number of anilines is 1. The van der Waals surface area contributed by atoms with Gasteiger partial charge in [-0.3, -0.25) is 10.2 Å². The molecule has 3 rings (SSSR count). The third kappa shape index (κ3) is 6.04. The smallest absolute Gasteiger partial charge is 0.224 e. The topological polar surface area (TPSA) is 117 Å². The fraction of sp³-hybridized carbons (Fsp3) is 0.364. The van der Waals surface area contributed by atoms with Crippen molar-refractivity contribution in [2.75, 3.05) is 18.4 Å². The van der Waals surface area contributed by atoms with E-state index in [-0.39, 0.29) is 16.8 Å². The second-order valence-electron chi connectivity index (χ2n) is 7.81. The Morgan fingerprint density at radius 1 is 1.47 bits per heavy atom. The molecule has 10 heteroatoms. The highest BCUT2D eigenvalue weighted by Crippen LogP contribution is 2.33. The lowest BCUT2D eigenvalue weighted by molar-refractivity contribution is -0.115. The van der Waals surface area contributed by atoms with Crippen molar-refractivity contribution in [1.29, 1.82) is 5.26 Å². The predicted molar refractivity (Wildman–Crippen MR) is 129 cm³/mol. The zero-order valence-corrected chi connectivity index (χ0v) is 19.3. The van der Waals surface area contributed by atoms with Gasteiger partial charge in [0.15, 0.2) is 5.50 Å². The van der Waals surface area contributed by atoms with E-state index in [2.05, 4.69) is 44.2 Å². The normalized spacial score (nSPS) is 19.4. The van der Waals surface area contributed by atoms with Crippen LogP contribution in [0.4, 0.5) is 5.69 Å². The molecule has 32 heavy (non-hydrogen) atoms. The van der Waals surface area contributed by atoms with E-state index >= 15 is 0 Å². The second-order valence-corrected chi connectivity index (χ2v) is 8.96. The number of allylic oxidation sites excluding steroid dienone is 1. The molecule has 0 spiro atoms. The maximum atomic E-state index is 11.6. The molecule has 0 bridgehead atoms. The van der Waals surface area contributed by atoms with Crippen molar-refractivity contribution >= 4 is 34.9 Å². The van der Waals surface area contributed by atoms with Gasteiger partial charge in [-0.25, -0.2) is 10.5 Å². The number of hydrogen-bond acceptors (Lipinski definition) is 9. The first-order valence-corrected chi connectivity index (χ1v) is 11.2. The van der Waals surface area contributed by atoms with Crippen LogP contribution in [0, 0.1) is 16.7 Å². The Morgan fingerprint density at radius 3 is 2.81 bits per heavy atom. The van der Waals surface area contributed by atoms with Crippen LogP contribution >= 0.6 is 11.8 Å². The maximum absolute atomic E-state index is 11.6. The van der Waals surface area contributed by atoms with Gasteiger partial charge < -0.3 is 15.5 Å². The van der Waals surface area contributed by atoms with Crippen molar-refractivity contribution in [2.24, 2.45) is 15.5 Å². The molecule has 0 saturated carbocycles. The molecule has 0 radical (unpaired) electrons. The Kier molecular flexibility index (Phi) is 7.43. The van der Waals surface area contributed by atoms with Gasteiger partial charge in [0, 0.05) is 36.2 Å². The van der Waals surface area contributed by atoms with Crippen molar-refractivity contribution in [1.82, 2.24) is 21.2 Å². The van der Waals surface area contributed by atoms with Crippen LogP contribution < -0.4 is 21.6 Å². The minimum absolute atomic E-state index is 0.0183. The number of aliphatic imine (C=N–C) groups is 1. The summed E-state index contributed by atoms with van der Waals surface area (Å²) in [4.78, 5) is 19.4. The quantitative estimate of drug-likeness (QED) is 0.354. The third-order valence-electron chi connectivity index (χ3n) is 4.91. The second kappa shape index (κ2) is 10.2. The molecule has 0 aromatic heterocycles. The van der Waals surface area contributed by atoms with Gasteiger partial charge in [-0.15, -0.1) is 0 Å². The molecule has 1 amide bonds. The summed E-state index contributed by atoms with van der Waals surface area (Å²) in [6.07, 6.45) is 3.98. The average Bonchev–Trinajstić information content (AvgIpc) is 2.77. The molecule has 1 unspecified atom stereocenters. The molecular weight excluding hydrogens is 424 g/mol. The zero-order valence-electron chi connectivity index (χ0n) is 18.5. The largest absolute Gasteiger partial charge is 0.355 e. The fourth-order valence-electron chi connectivity index (χ4n) is 3.05. The summed E-state index contributed by atoms with van der Waals surface area (Å²) >= 11 is 1.54. The summed E-state index contributed by atoms with van der Waals surface area (Å²) in [7, 11) is 0. The molecule has 168 valence electrons. The van der Waals surface area contributed by atoms with E-state index < -0.39 is 0 Å². The monoisotopic (exact) mass is 452 g/mol. The predicted octanol–water partition coefficient (Wildman–Crippen LogP) is 2.76. The number of thioether (sulfide) groups is 1. The van der Waals surface area contributed by atoms with Gasteiger partial charge in [0.1, 0.15) is 11.7 Å². The number of carbonyl (C=O) groups is 1.